The monoisotopic (exact) mass is 496 g/mol. The lowest BCUT2D eigenvalue weighted by Crippen LogP contribution is -2.19. The molecule has 6 nitrogen and oxygen atoms in total. The Morgan fingerprint density at radius 1 is 0.722 bits per heavy atom. The topological polar surface area (TPSA) is 95.5 Å². The van der Waals surface area contributed by atoms with Crippen molar-refractivity contribution in [2.45, 2.75) is 17.1 Å². The van der Waals surface area contributed by atoms with Gasteiger partial charge in [0.05, 0.1) is 11.1 Å². The lowest BCUT2D eigenvalue weighted by molar-refractivity contribution is -0.115. The van der Waals surface area contributed by atoms with Crippen LogP contribution in [0.5, 0.6) is 0 Å². The maximum atomic E-state index is 13.3. The first-order valence-electron chi connectivity index (χ1n) is 11.2. The van der Waals surface area contributed by atoms with Crippen LogP contribution in [0.15, 0.2) is 108 Å². The molecule has 4 rings (SSSR count). The zero-order valence-corrected chi connectivity index (χ0v) is 20.3. The van der Waals surface area contributed by atoms with E-state index >= 15 is 0 Å². The molecule has 0 bridgehead atoms. The first-order chi connectivity index (χ1) is 17.4. The zero-order valence-electron chi connectivity index (χ0n) is 19.5. The van der Waals surface area contributed by atoms with Gasteiger partial charge in [0, 0.05) is 16.3 Å². The van der Waals surface area contributed by atoms with Gasteiger partial charge in [0.25, 0.3) is 5.91 Å². The van der Waals surface area contributed by atoms with Crippen molar-refractivity contribution in [3.8, 4) is 0 Å². The molecule has 2 amide bonds. The minimum absolute atomic E-state index is 0.0718. The van der Waals surface area contributed by atoms with Crippen LogP contribution in [0.4, 0.5) is 11.4 Å². The Bertz CT molecular complexity index is 1390. The number of rotatable bonds is 8. The Kier molecular flexibility index (Phi) is 7.82. The van der Waals surface area contributed by atoms with E-state index in [1.54, 1.807) is 30.3 Å². The van der Waals surface area contributed by atoms with Crippen molar-refractivity contribution >= 4 is 40.9 Å². The first kappa shape index (κ1) is 24.8. The van der Waals surface area contributed by atoms with Crippen molar-refractivity contribution in [3.63, 3.8) is 0 Å². The lowest BCUT2D eigenvalue weighted by Gasteiger charge is -2.18. The van der Waals surface area contributed by atoms with Gasteiger partial charge in [-0.1, -0.05) is 66.2 Å². The molecule has 0 aliphatic rings. The molecule has 1 atom stereocenters. The number of aryl methyl sites for hydroxylation is 1. The van der Waals surface area contributed by atoms with Gasteiger partial charge in [-0.15, -0.1) is 11.8 Å². The lowest BCUT2D eigenvalue weighted by atomic mass is 10.1. The number of carboxylic acid groups (broad SMARTS) is 1. The summed E-state index contributed by atoms with van der Waals surface area (Å²) in [5.41, 5.74) is 3.16. The Balaban J connectivity index is 1.55. The number of amides is 2. The van der Waals surface area contributed by atoms with Crippen molar-refractivity contribution in [1.29, 1.82) is 0 Å². The van der Waals surface area contributed by atoms with Crippen LogP contribution in [0.25, 0.3) is 0 Å². The molecule has 0 aliphatic heterocycles. The second kappa shape index (κ2) is 11.4. The second-order valence-corrected chi connectivity index (χ2v) is 9.28. The van der Waals surface area contributed by atoms with Crippen LogP contribution in [0.2, 0.25) is 0 Å². The normalized spacial score (nSPS) is 11.4. The molecule has 0 heterocycles. The van der Waals surface area contributed by atoms with Crippen LogP contribution >= 0.6 is 11.8 Å². The van der Waals surface area contributed by atoms with Crippen LogP contribution in [0.1, 0.15) is 37.1 Å². The van der Waals surface area contributed by atoms with Crippen LogP contribution in [-0.2, 0) is 4.79 Å². The SMILES string of the molecule is Cc1ccc(NC(=O)C(Sc2cccc(NC(=O)c3ccccc3C(=O)O)c2)c2ccccc2)cc1. The van der Waals surface area contributed by atoms with Gasteiger partial charge in [0.1, 0.15) is 5.25 Å². The number of thioether (sulfide) groups is 1. The fourth-order valence-electron chi connectivity index (χ4n) is 3.59. The highest BCUT2D eigenvalue weighted by Crippen LogP contribution is 2.37. The molecule has 0 radical (unpaired) electrons. The summed E-state index contributed by atoms with van der Waals surface area (Å²) in [6.07, 6.45) is 0. The first-order valence-corrected chi connectivity index (χ1v) is 12.1. The maximum absolute atomic E-state index is 13.3. The molecule has 0 fully saturated rings. The summed E-state index contributed by atoms with van der Waals surface area (Å²) < 4.78 is 0. The summed E-state index contributed by atoms with van der Waals surface area (Å²) in [6.45, 7) is 1.99. The number of hydrogen-bond donors (Lipinski definition) is 3. The fourth-order valence-corrected chi connectivity index (χ4v) is 4.68. The predicted octanol–water partition coefficient (Wildman–Crippen LogP) is 6.42. The Morgan fingerprint density at radius 2 is 1.39 bits per heavy atom. The third kappa shape index (κ3) is 6.20. The third-order valence-electron chi connectivity index (χ3n) is 5.41. The van der Waals surface area contributed by atoms with E-state index in [2.05, 4.69) is 10.6 Å². The molecule has 0 spiro atoms. The summed E-state index contributed by atoms with van der Waals surface area (Å²) in [7, 11) is 0. The molecule has 1 unspecified atom stereocenters. The van der Waals surface area contributed by atoms with Gasteiger partial charge in [-0.2, -0.15) is 0 Å². The number of benzene rings is 4. The minimum atomic E-state index is -1.17. The Labute approximate surface area is 213 Å². The van der Waals surface area contributed by atoms with Crippen molar-refractivity contribution < 1.29 is 19.5 Å². The molecule has 0 aromatic heterocycles. The van der Waals surface area contributed by atoms with E-state index in [9.17, 15) is 19.5 Å². The van der Waals surface area contributed by atoms with Crippen LogP contribution in [-0.4, -0.2) is 22.9 Å². The average molecular weight is 497 g/mol. The van der Waals surface area contributed by atoms with E-state index in [4.69, 9.17) is 0 Å². The van der Waals surface area contributed by atoms with Gasteiger partial charge >= 0.3 is 5.97 Å². The quantitative estimate of drug-likeness (QED) is 0.245. The molecule has 180 valence electrons. The van der Waals surface area contributed by atoms with E-state index in [1.807, 2.05) is 67.6 Å². The van der Waals surface area contributed by atoms with Gasteiger partial charge in [-0.3, -0.25) is 9.59 Å². The van der Waals surface area contributed by atoms with Crippen molar-refractivity contribution in [2.75, 3.05) is 10.6 Å². The highest BCUT2D eigenvalue weighted by Gasteiger charge is 2.23. The number of carbonyl (C=O) groups is 3. The average Bonchev–Trinajstić information content (AvgIpc) is 2.89. The molecule has 0 saturated heterocycles. The van der Waals surface area contributed by atoms with E-state index in [1.165, 1.54) is 23.9 Å². The van der Waals surface area contributed by atoms with E-state index < -0.39 is 17.1 Å². The standard InChI is InChI=1S/C29H24N2O4S/c1-19-14-16-21(17-15-19)30-28(33)26(20-8-3-2-4-9-20)36-23-11-7-10-22(18-23)31-27(32)24-12-5-6-13-25(24)29(34)35/h2-18,26H,1H3,(H,30,33)(H,31,32)(H,34,35). The molecule has 36 heavy (non-hydrogen) atoms. The number of carbonyl (C=O) groups excluding carboxylic acids is 2. The van der Waals surface area contributed by atoms with E-state index in [-0.39, 0.29) is 17.0 Å². The number of anilines is 2. The van der Waals surface area contributed by atoms with Crippen molar-refractivity contribution in [1.82, 2.24) is 0 Å². The summed E-state index contributed by atoms with van der Waals surface area (Å²) in [6, 6.07) is 30.3. The highest BCUT2D eigenvalue weighted by atomic mass is 32.2. The number of carboxylic acids is 1. The molecule has 0 aliphatic carbocycles. The van der Waals surface area contributed by atoms with Crippen LogP contribution < -0.4 is 10.6 Å². The fraction of sp³-hybridized carbons (Fsp3) is 0.0690. The largest absolute Gasteiger partial charge is 0.478 e. The molecule has 7 heteroatoms. The summed E-state index contributed by atoms with van der Waals surface area (Å²) >= 11 is 1.36. The molecule has 0 saturated carbocycles. The zero-order chi connectivity index (χ0) is 25.5. The molecular formula is C29H24N2O4S. The van der Waals surface area contributed by atoms with Crippen LogP contribution in [0, 0.1) is 6.92 Å². The molecule has 3 N–H and O–H groups in total. The van der Waals surface area contributed by atoms with Gasteiger partial charge in [-0.25, -0.2) is 4.79 Å². The Morgan fingerprint density at radius 3 is 2.08 bits per heavy atom. The molecular weight excluding hydrogens is 472 g/mol. The van der Waals surface area contributed by atoms with Gasteiger partial charge < -0.3 is 15.7 Å². The second-order valence-electron chi connectivity index (χ2n) is 8.10. The molecule has 4 aromatic carbocycles. The smallest absolute Gasteiger partial charge is 0.336 e. The van der Waals surface area contributed by atoms with E-state index in [0.717, 1.165) is 16.0 Å². The summed E-state index contributed by atoms with van der Waals surface area (Å²) in [5, 5.41) is 14.6. The van der Waals surface area contributed by atoms with Crippen molar-refractivity contribution in [2.24, 2.45) is 0 Å². The predicted molar refractivity (Wildman–Crippen MR) is 143 cm³/mol. The Hall–Kier alpha value is -4.36. The molecule has 4 aromatic rings. The van der Waals surface area contributed by atoms with E-state index in [0.29, 0.717) is 11.4 Å². The van der Waals surface area contributed by atoms with Crippen molar-refractivity contribution in [3.05, 3.63) is 125 Å². The van der Waals surface area contributed by atoms with Gasteiger partial charge in [-0.05, 0) is 55.0 Å². The number of nitrogens with one attached hydrogen (secondary N) is 2. The third-order valence-corrected chi connectivity index (χ3v) is 6.66. The minimum Gasteiger partial charge on any atom is -0.478 e. The summed E-state index contributed by atoms with van der Waals surface area (Å²) in [4.78, 5) is 38.3. The van der Waals surface area contributed by atoms with Crippen LogP contribution in [0.3, 0.4) is 0 Å². The number of hydrogen-bond acceptors (Lipinski definition) is 4. The number of aromatic carboxylic acids is 1. The maximum Gasteiger partial charge on any atom is 0.336 e. The van der Waals surface area contributed by atoms with Gasteiger partial charge in [0.15, 0.2) is 0 Å². The summed E-state index contributed by atoms with van der Waals surface area (Å²) in [5.74, 6) is -1.86. The van der Waals surface area contributed by atoms with Gasteiger partial charge in [0.2, 0.25) is 5.91 Å². The highest BCUT2D eigenvalue weighted by molar-refractivity contribution is 8.00.